The monoisotopic (exact) mass is 243 g/mol. The van der Waals surface area contributed by atoms with E-state index in [0.29, 0.717) is 13.2 Å². The van der Waals surface area contributed by atoms with Gasteiger partial charge < -0.3 is 14.6 Å². The minimum Gasteiger partial charge on any atom is -0.391 e. The topological polar surface area (TPSA) is 41.9 Å². The summed E-state index contributed by atoms with van der Waals surface area (Å²) in [6.07, 6.45) is 2.05. The summed E-state index contributed by atoms with van der Waals surface area (Å²) in [6, 6.07) is 0.113. The van der Waals surface area contributed by atoms with Crippen molar-refractivity contribution in [3.8, 4) is 0 Å². The number of ether oxygens (including phenoxy) is 2. The van der Waals surface area contributed by atoms with Gasteiger partial charge in [0.25, 0.3) is 0 Å². The van der Waals surface area contributed by atoms with Gasteiger partial charge in [-0.05, 0) is 34.2 Å². The summed E-state index contributed by atoms with van der Waals surface area (Å²) in [7, 11) is 2.07. The van der Waals surface area contributed by atoms with Crippen LogP contribution < -0.4 is 0 Å². The molecule has 1 spiro atoms. The number of rotatable bonds is 1. The fourth-order valence-corrected chi connectivity index (χ4v) is 2.77. The lowest BCUT2D eigenvalue weighted by molar-refractivity contribution is -0.208. The molecule has 4 nitrogen and oxygen atoms in total. The van der Waals surface area contributed by atoms with Crippen LogP contribution in [0.5, 0.6) is 0 Å². The molecule has 1 saturated heterocycles. The van der Waals surface area contributed by atoms with Crippen molar-refractivity contribution < 1.29 is 14.6 Å². The van der Waals surface area contributed by atoms with Crippen LogP contribution in [0.25, 0.3) is 0 Å². The average Bonchev–Trinajstić information content (AvgIpc) is 2.68. The standard InChI is InChI=1S/C13H25NO3/c1-12(2,3)14(4)10-9-13(6-5-11(10)15)16-7-8-17-13/h10-11,15H,5-9H2,1-4H3. The SMILES string of the molecule is CN(C1CC2(CCC1O)OCCO2)C(C)(C)C. The van der Waals surface area contributed by atoms with Crippen molar-refractivity contribution in [1.29, 1.82) is 0 Å². The molecule has 2 atom stereocenters. The van der Waals surface area contributed by atoms with E-state index in [2.05, 4.69) is 32.7 Å². The number of nitrogens with zero attached hydrogens (tertiary/aromatic N) is 1. The zero-order chi connectivity index (χ0) is 12.7. The Labute approximate surface area is 104 Å². The summed E-state index contributed by atoms with van der Waals surface area (Å²) in [4.78, 5) is 2.24. The first kappa shape index (κ1) is 13.3. The normalized spacial score (nSPS) is 33.5. The van der Waals surface area contributed by atoms with Crippen LogP contribution in [0.1, 0.15) is 40.0 Å². The van der Waals surface area contributed by atoms with Gasteiger partial charge in [-0.15, -0.1) is 0 Å². The van der Waals surface area contributed by atoms with E-state index < -0.39 is 5.79 Å². The van der Waals surface area contributed by atoms with Gasteiger partial charge in [0.2, 0.25) is 0 Å². The molecule has 1 N–H and O–H groups in total. The summed E-state index contributed by atoms with van der Waals surface area (Å²) >= 11 is 0. The first-order chi connectivity index (χ1) is 7.84. The van der Waals surface area contributed by atoms with E-state index in [1.807, 2.05) is 0 Å². The average molecular weight is 243 g/mol. The van der Waals surface area contributed by atoms with Crippen LogP contribution in [-0.2, 0) is 9.47 Å². The van der Waals surface area contributed by atoms with Crippen molar-refractivity contribution in [3.63, 3.8) is 0 Å². The Kier molecular flexibility index (Phi) is 3.51. The summed E-state index contributed by atoms with van der Waals surface area (Å²) in [5.41, 5.74) is 0.0444. The Morgan fingerprint density at radius 1 is 1.24 bits per heavy atom. The lowest BCUT2D eigenvalue weighted by atomic mass is 9.85. The molecule has 1 aliphatic heterocycles. The van der Waals surface area contributed by atoms with E-state index >= 15 is 0 Å². The molecule has 2 aliphatic rings. The van der Waals surface area contributed by atoms with E-state index in [-0.39, 0.29) is 17.7 Å². The molecule has 0 amide bonds. The maximum Gasteiger partial charge on any atom is 0.170 e. The number of hydrogen-bond acceptors (Lipinski definition) is 4. The molecule has 0 aromatic rings. The highest BCUT2D eigenvalue weighted by Gasteiger charge is 2.47. The number of hydrogen-bond donors (Lipinski definition) is 1. The largest absolute Gasteiger partial charge is 0.391 e. The van der Waals surface area contributed by atoms with Crippen LogP contribution in [-0.4, -0.2) is 53.7 Å². The molecule has 2 fully saturated rings. The highest BCUT2D eigenvalue weighted by Crippen LogP contribution is 2.38. The Hall–Kier alpha value is -0.160. The van der Waals surface area contributed by atoms with Crippen LogP contribution in [0.3, 0.4) is 0 Å². The molecule has 2 rings (SSSR count). The Balaban J connectivity index is 2.09. The van der Waals surface area contributed by atoms with Gasteiger partial charge in [-0.3, -0.25) is 4.90 Å². The lowest BCUT2D eigenvalue weighted by Crippen LogP contribution is -2.57. The molecule has 2 unspecified atom stereocenters. The Bertz CT molecular complexity index is 268. The van der Waals surface area contributed by atoms with Crippen molar-refractivity contribution in [2.75, 3.05) is 20.3 Å². The van der Waals surface area contributed by atoms with Crippen molar-refractivity contribution in [1.82, 2.24) is 4.90 Å². The molecule has 0 aromatic heterocycles. The van der Waals surface area contributed by atoms with E-state index in [1.54, 1.807) is 0 Å². The van der Waals surface area contributed by atoms with Crippen LogP contribution in [0, 0.1) is 0 Å². The highest BCUT2D eigenvalue weighted by molar-refractivity contribution is 4.95. The molecular formula is C13H25NO3. The fourth-order valence-electron chi connectivity index (χ4n) is 2.77. The lowest BCUT2D eigenvalue weighted by Gasteiger charge is -2.47. The predicted molar refractivity (Wildman–Crippen MR) is 65.8 cm³/mol. The third-order valence-electron chi connectivity index (χ3n) is 4.15. The smallest absolute Gasteiger partial charge is 0.170 e. The Morgan fingerprint density at radius 3 is 2.35 bits per heavy atom. The van der Waals surface area contributed by atoms with Crippen molar-refractivity contribution in [3.05, 3.63) is 0 Å². The van der Waals surface area contributed by atoms with Gasteiger partial charge >= 0.3 is 0 Å². The van der Waals surface area contributed by atoms with Crippen molar-refractivity contribution in [2.24, 2.45) is 0 Å². The van der Waals surface area contributed by atoms with Crippen LogP contribution in [0.4, 0.5) is 0 Å². The van der Waals surface area contributed by atoms with Gasteiger partial charge in [0.05, 0.1) is 19.3 Å². The number of aliphatic hydroxyl groups is 1. The molecule has 100 valence electrons. The second-order valence-corrected chi connectivity index (χ2v) is 6.27. The van der Waals surface area contributed by atoms with Gasteiger partial charge in [0.15, 0.2) is 5.79 Å². The molecule has 4 heteroatoms. The van der Waals surface area contributed by atoms with E-state index in [1.165, 1.54) is 0 Å². The maximum absolute atomic E-state index is 10.2. The summed E-state index contributed by atoms with van der Waals surface area (Å²) < 4.78 is 11.5. The van der Waals surface area contributed by atoms with E-state index in [9.17, 15) is 5.11 Å². The minimum atomic E-state index is -0.427. The number of likely N-dealkylation sites (N-methyl/N-ethyl adjacent to an activating group) is 1. The molecule has 17 heavy (non-hydrogen) atoms. The summed E-state index contributed by atoms with van der Waals surface area (Å²) in [6.45, 7) is 7.86. The maximum atomic E-state index is 10.2. The zero-order valence-corrected chi connectivity index (χ0v) is 11.4. The van der Waals surface area contributed by atoms with Gasteiger partial charge in [-0.2, -0.15) is 0 Å². The second-order valence-electron chi connectivity index (χ2n) is 6.27. The van der Waals surface area contributed by atoms with Crippen molar-refractivity contribution in [2.45, 2.75) is 63.5 Å². The first-order valence-corrected chi connectivity index (χ1v) is 6.53. The predicted octanol–water partition coefficient (Wildman–Crippen LogP) is 1.37. The van der Waals surface area contributed by atoms with E-state index in [0.717, 1.165) is 19.3 Å². The highest BCUT2D eigenvalue weighted by atomic mass is 16.7. The molecule has 0 aromatic carbocycles. The minimum absolute atomic E-state index is 0.0444. The van der Waals surface area contributed by atoms with Crippen LogP contribution in [0.15, 0.2) is 0 Å². The fraction of sp³-hybridized carbons (Fsp3) is 1.00. The number of aliphatic hydroxyl groups excluding tert-OH is 1. The molecule has 1 saturated carbocycles. The quantitative estimate of drug-likeness (QED) is 0.755. The first-order valence-electron chi connectivity index (χ1n) is 6.53. The molecular weight excluding hydrogens is 218 g/mol. The molecule has 1 heterocycles. The van der Waals surface area contributed by atoms with Crippen molar-refractivity contribution >= 4 is 0 Å². The van der Waals surface area contributed by atoms with Crippen LogP contribution in [0.2, 0.25) is 0 Å². The Morgan fingerprint density at radius 2 is 1.82 bits per heavy atom. The van der Waals surface area contributed by atoms with Gasteiger partial charge in [-0.25, -0.2) is 0 Å². The third kappa shape index (κ3) is 2.65. The summed E-state index contributed by atoms with van der Waals surface area (Å²) in [5, 5.41) is 10.2. The molecule has 0 bridgehead atoms. The van der Waals surface area contributed by atoms with E-state index in [4.69, 9.17) is 9.47 Å². The second kappa shape index (κ2) is 4.50. The third-order valence-corrected chi connectivity index (χ3v) is 4.15. The summed E-state index contributed by atoms with van der Waals surface area (Å²) in [5.74, 6) is -0.427. The molecule has 1 aliphatic carbocycles. The van der Waals surface area contributed by atoms with Gasteiger partial charge in [-0.1, -0.05) is 0 Å². The van der Waals surface area contributed by atoms with Gasteiger partial charge in [0, 0.05) is 24.4 Å². The molecule has 0 radical (unpaired) electrons. The van der Waals surface area contributed by atoms with Gasteiger partial charge in [0.1, 0.15) is 0 Å². The zero-order valence-electron chi connectivity index (χ0n) is 11.4. The van der Waals surface area contributed by atoms with Crippen LogP contribution >= 0.6 is 0 Å².